The normalized spacial score (nSPS) is 12.4. The molecule has 0 heterocycles. The van der Waals surface area contributed by atoms with E-state index in [9.17, 15) is 15.3 Å². The van der Waals surface area contributed by atoms with Crippen molar-refractivity contribution in [2.24, 2.45) is 0 Å². The van der Waals surface area contributed by atoms with Gasteiger partial charge in [-0.05, 0) is 133 Å². The van der Waals surface area contributed by atoms with Crippen LogP contribution in [0.4, 0.5) is 0 Å². The molecule has 0 aliphatic carbocycles. The number of aliphatic hydroxyl groups is 2. The van der Waals surface area contributed by atoms with E-state index in [0.717, 1.165) is 59.5 Å². The van der Waals surface area contributed by atoms with Crippen molar-refractivity contribution in [3.8, 4) is 11.5 Å². The van der Waals surface area contributed by atoms with E-state index in [2.05, 4.69) is 126 Å². The Hall–Kier alpha value is -4.46. The first-order valence-corrected chi connectivity index (χ1v) is 21.9. The highest BCUT2D eigenvalue weighted by atomic mass is 16.5. The van der Waals surface area contributed by atoms with Gasteiger partial charge in [0.05, 0.1) is 13.2 Å². The van der Waals surface area contributed by atoms with Gasteiger partial charge in [-0.15, -0.1) is 0 Å². The average molecular weight is 803 g/mol. The molecule has 5 aromatic rings. The van der Waals surface area contributed by atoms with Gasteiger partial charge in [0, 0.05) is 47.1 Å². The van der Waals surface area contributed by atoms with Crippen LogP contribution in [0.5, 0.6) is 11.5 Å². The Labute approximate surface area is 357 Å². The van der Waals surface area contributed by atoms with Crippen LogP contribution in [0.15, 0.2) is 127 Å². The van der Waals surface area contributed by atoms with Crippen molar-refractivity contribution in [1.29, 1.82) is 0 Å². The monoisotopic (exact) mass is 803 g/mol. The summed E-state index contributed by atoms with van der Waals surface area (Å²) in [4.78, 5) is 5.01. The van der Waals surface area contributed by atoms with E-state index in [4.69, 9.17) is 4.74 Å². The Balaban J connectivity index is 0.000000311. The molecule has 2 unspecified atom stereocenters. The van der Waals surface area contributed by atoms with Crippen molar-refractivity contribution in [2.75, 3.05) is 13.1 Å². The van der Waals surface area contributed by atoms with Crippen molar-refractivity contribution < 1.29 is 20.1 Å². The molecule has 0 aliphatic rings. The lowest BCUT2D eigenvalue weighted by Crippen LogP contribution is -2.38. The molecule has 59 heavy (non-hydrogen) atoms. The van der Waals surface area contributed by atoms with Crippen molar-refractivity contribution >= 4 is 0 Å². The van der Waals surface area contributed by atoms with E-state index < -0.39 is 0 Å². The van der Waals surface area contributed by atoms with Gasteiger partial charge >= 0.3 is 0 Å². The van der Waals surface area contributed by atoms with Crippen molar-refractivity contribution in [3.63, 3.8) is 0 Å². The number of hydrogen-bond acceptors (Lipinski definition) is 6. The minimum Gasteiger partial charge on any atom is -0.508 e. The fraction of sp³-hybridized carbons (Fsp3) is 0.434. The summed E-state index contributed by atoms with van der Waals surface area (Å²) in [5.41, 5.74) is 7.40. The van der Waals surface area contributed by atoms with Crippen LogP contribution in [0, 0.1) is 0 Å². The Kier molecular flexibility index (Phi) is 21.5. The van der Waals surface area contributed by atoms with E-state index in [-0.39, 0.29) is 25.0 Å². The lowest BCUT2D eigenvalue weighted by atomic mass is 9.86. The van der Waals surface area contributed by atoms with Crippen LogP contribution >= 0.6 is 0 Å². The summed E-state index contributed by atoms with van der Waals surface area (Å²) in [7, 11) is 0. The lowest BCUT2D eigenvalue weighted by Gasteiger charge is -2.32. The molecule has 0 radical (unpaired) electrons. The molecule has 2 atom stereocenters. The van der Waals surface area contributed by atoms with Crippen LogP contribution in [-0.4, -0.2) is 62.4 Å². The summed E-state index contributed by atoms with van der Waals surface area (Å²) in [5.74, 6) is 1.48. The number of aromatic hydroxyl groups is 1. The van der Waals surface area contributed by atoms with E-state index in [1.165, 1.54) is 11.1 Å². The zero-order valence-corrected chi connectivity index (χ0v) is 37.7. The van der Waals surface area contributed by atoms with Gasteiger partial charge in [-0.3, -0.25) is 9.80 Å². The maximum absolute atomic E-state index is 10.5. The predicted octanol–water partition coefficient (Wildman–Crippen LogP) is 12.0. The summed E-state index contributed by atoms with van der Waals surface area (Å²) in [6.07, 6.45) is 1.90. The molecule has 0 saturated heterocycles. The van der Waals surface area contributed by atoms with E-state index >= 15 is 0 Å². The smallest absolute Gasteiger partial charge is 0.123 e. The molecule has 3 N–H and O–H groups in total. The summed E-state index contributed by atoms with van der Waals surface area (Å²) >= 11 is 0. The molecule has 0 amide bonds. The maximum Gasteiger partial charge on any atom is 0.123 e. The number of phenols is 1. The Morgan fingerprint density at radius 2 is 0.864 bits per heavy atom. The average Bonchev–Trinajstić information content (AvgIpc) is 3.25. The minimum absolute atomic E-state index is 0.0150. The molecular weight excluding hydrogens is 729 g/mol. The molecule has 0 spiro atoms. The topological polar surface area (TPSA) is 76.4 Å². The number of ether oxygens (including phenoxy) is 1. The van der Waals surface area contributed by atoms with Gasteiger partial charge in [0.25, 0.3) is 0 Å². The molecule has 0 aromatic heterocycles. The summed E-state index contributed by atoms with van der Waals surface area (Å²) in [5, 5.41) is 29.8. The first-order chi connectivity index (χ1) is 28.4. The fourth-order valence-corrected chi connectivity index (χ4v) is 7.97. The third-order valence-electron chi connectivity index (χ3n) is 10.9. The second-order valence-corrected chi connectivity index (χ2v) is 16.2. The fourth-order valence-electron chi connectivity index (χ4n) is 7.97. The zero-order valence-electron chi connectivity index (χ0n) is 37.7. The zero-order chi connectivity index (χ0) is 43.3. The second kappa shape index (κ2) is 25.9. The first kappa shape index (κ1) is 48.9. The summed E-state index contributed by atoms with van der Waals surface area (Å²) in [6.45, 7) is 24.4. The van der Waals surface area contributed by atoms with Crippen molar-refractivity contribution in [3.05, 3.63) is 166 Å². The molecule has 0 aliphatic heterocycles. The SMILES string of the molecule is CC.CC(C)N(CCC(c1ccccc1)c1cc(CO)ccc1O)C(C)C.CC(C)N(CCC(c1ccccc1)c1cc(CO)ccc1OCc1ccccc1)C(C)C. The van der Waals surface area contributed by atoms with Gasteiger partial charge in [-0.2, -0.15) is 0 Å². The Morgan fingerprint density at radius 3 is 1.29 bits per heavy atom. The quantitative estimate of drug-likeness (QED) is 0.0772. The lowest BCUT2D eigenvalue weighted by molar-refractivity contribution is 0.170. The molecular formula is C53H74N2O4. The highest BCUT2D eigenvalue weighted by Crippen LogP contribution is 2.37. The van der Waals surface area contributed by atoms with Crippen LogP contribution < -0.4 is 4.74 Å². The van der Waals surface area contributed by atoms with Gasteiger partial charge in [0.1, 0.15) is 18.1 Å². The van der Waals surface area contributed by atoms with Crippen LogP contribution in [0.25, 0.3) is 0 Å². The maximum atomic E-state index is 10.5. The summed E-state index contributed by atoms with van der Waals surface area (Å²) in [6, 6.07) is 44.7. The number of aliphatic hydroxyl groups excluding tert-OH is 2. The van der Waals surface area contributed by atoms with Crippen molar-refractivity contribution in [1.82, 2.24) is 9.80 Å². The van der Waals surface area contributed by atoms with Gasteiger partial charge in [0.15, 0.2) is 0 Å². The number of rotatable bonds is 19. The number of hydrogen-bond donors (Lipinski definition) is 3. The Morgan fingerprint density at radius 1 is 0.475 bits per heavy atom. The van der Waals surface area contributed by atoms with Gasteiger partial charge in [0.2, 0.25) is 0 Å². The van der Waals surface area contributed by atoms with E-state index in [0.29, 0.717) is 36.5 Å². The standard InChI is InChI=1S/C29H37NO2.C22H31NO2.C2H6/c1-22(2)30(23(3)4)18-17-27(26-13-9-6-10-14-26)28-19-25(20-31)15-16-29(28)32-21-24-11-7-5-8-12-24;1-16(2)23(17(3)4)13-12-20(19-8-6-5-7-9-19)21-14-18(15-24)10-11-22(21)25;1-2/h5-16,19,22-23,27,31H,17-18,20-21H2,1-4H3;5-11,14,16-17,20,24-25H,12-13,15H2,1-4H3;1-2H3. The molecule has 0 bridgehead atoms. The van der Waals surface area contributed by atoms with Gasteiger partial charge in [-0.1, -0.05) is 117 Å². The Bertz CT molecular complexity index is 1850. The number of benzene rings is 5. The molecule has 5 rings (SSSR count). The molecule has 6 heteroatoms. The molecule has 6 nitrogen and oxygen atoms in total. The second-order valence-electron chi connectivity index (χ2n) is 16.2. The minimum atomic E-state index is -0.0150. The van der Waals surface area contributed by atoms with Crippen LogP contribution in [0.2, 0.25) is 0 Å². The van der Waals surface area contributed by atoms with E-state index in [1.54, 1.807) is 12.1 Å². The molecule has 320 valence electrons. The molecule has 0 fully saturated rings. The van der Waals surface area contributed by atoms with Crippen LogP contribution in [-0.2, 0) is 19.8 Å². The number of nitrogens with zero attached hydrogens (tertiary/aromatic N) is 2. The largest absolute Gasteiger partial charge is 0.508 e. The highest BCUT2D eigenvalue weighted by Gasteiger charge is 2.24. The van der Waals surface area contributed by atoms with E-state index in [1.807, 2.05) is 68.4 Å². The molecule has 5 aromatic carbocycles. The third kappa shape index (κ3) is 15.3. The van der Waals surface area contributed by atoms with Crippen molar-refractivity contribution in [2.45, 2.75) is 138 Å². The van der Waals surface area contributed by atoms with Gasteiger partial charge in [-0.25, -0.2) is 0 Å². The van der Waals surface area contributed by atoms with Crippen LogP contribution in [0.1, 0.15) is 133 Å². The highest BCUT2D eigenvalue weighted by molar-refractivity contribution is 5.45. The van der Waals surface area contributed by atoms with Crippen LogP contribution in [0.3, 0.4) is 0 Å². The third-order valence-corrected chi connectivity index (χ3v) is 10.9. The number of phenolic OH excluding ortho intramolecular Hbond substituents is 1. The molecule has 0 saturated carbocycles. The first-order valence-electron chi connectivity index (χ1n) is 21.9. The van der Waals surface area contributed by atoms with Gasteiger partial charge < -0.3 is 20.1 Å². The summed E-state index contributed by atoms with van der Waals surface area (Å²) < 4.78 is 6.33. The predicted molar refractivity (Wildman–Crippen MR) is 248 cm³/mol.